The Morgan fingerprint density at radius 3 is 2.24 bits per heavy atom. The van der Waals surface area contributed by atoms with E-state index in [1.165, 1.54) is 0 Å². The molecule has 21 heavy (non-hydrogen) atoms. The second-order valence-corrected chi connectivity index (χ2v) is 5.87. The Morgan fingerprint density at radius 2 is 1.71 bits per heavy atom. The summed E-state index contributed by atoms with van der Waals surface area (Å²) in [6.07, 6.45) is 2.23. The van der Waals surface area contributed by atoms with Gasteiger partial charge < -0.3 is 14.4 Å². The average molecular weight is 291 g/mol. The lowest BCUT2D eigenvalue weighted by atomic mass is 9.87. The van der Waals surface area contributed by atoms with Crippen molar-refractivity contribution in [3.05, 3.63) is 23.8 Å². The number of carbonyl (C=O) groups is 1. The fourth-order valence-electron chi connectivity index (χ4n) is 2.99. The maximum Gasteiger partial charge on any atom is 0.230 e. The van der Waals surface area contributed by atoms with Crippen molar-refractivity contribution < 1.29 is 14.3 Å². The number of hydrogen-bond donors (Lipinski definition) is 0. The van der Waals surface area contributed by atoms with E-state index in [9.17, 15) is 4.79 Å². The van der Waals surface area contributed by atoms with Crippen molar-refractivity contribution >= 4 is 5.91 Å². The maximum atomic E-state index is 12.8. The number of methoxy groups -OCH3 is 2. The van der Waals surface area contributed by atoms with E-state index in [0.717, 1.165) is 31.5 Å². The van der Waals surface area contributed by atoms with Crippen LogP contribution in [-0.4, -0.2) is 38.1 Å². The van der Waals surface area contributed by atoms with Gasteiger partial charge in [-0.3, -0.25) is 4.79 Å². The number of hydrogen-bond acceptors (Lipinski definition) is 3. The third-order valence-electron chi connectivity index (χ3n) is 4.12. The summed E-state index contributed by atoms with van der Waals surface area (Å²) in [5, 5.41) is 0. The van der Waals surface area contributed by atoms with Gasteiger partial charge in [0.25, 0.3) is 0 Å². The standard InChI is InChI=1S/C17H25NO3/c1-12(2)16(17(19)18-9-5-6-10-18)13-7-8-14(20-3)15(11-13)21-4/h7-8,11-12,16H,5-6,9-10H2,1-4H3. The predicted octanol–water partition coefficient (Wildman–Crippen LogP) is 3.07. The van der Waals surface area contributed by atoms with Gasteiger partial charge in [-0.2, -0.15) is 0 Å². The van der Waals surface area contributed by atoms with E-state index in [4.69, 9.17) is 9.47 Å². The summed E-state index contributed by atoms with van der Waals surface area (Å²) in [4.78, 5) is 14.8. The van der Waals surface area contributed by atoms with Gasteiger partial charge in [0.1, 0.15) is 0 Å². The van der Waals surface area contributed by atoms with Gasteiger partial charge in [0, 0.05) is 13.1 Å². The lowest BCUT2D eigenvalue weighted by molar-refractivity contribution is -0.132. The van der Waals surface area contributed by atoms with E-state index < -0.39 is 0 Å². The molecule has 1 saturated heterocycles. The molecule has 4 heteroatoms. The molecule has 2 rings (SSSR count). The fraction of sp³-hybridized carbons (Fsp3) is 0.588. The van der Waals surface area contributed by atoms with Crippen molar-refractivity contribution in [2.45, 2.75) is 32.6 Å². The maximum absolute atomic E-state index is 12.8. The highest BCUT2D eigenvalue weighted by Crippen LogP contribution is 2.34. The van der Waals surface area contributed by atoms with Crippen molar-refractivity contribution in [1.29, 1.82) is 0 Å². The van der Waals surface area contributed by atoms with Crippen molar-refractivity contribution in [3.8, 4) is 11.5 Å². The van der Waals surface area contributed by atoms with Gasteiger partial charge in [-0.1, -0.05) is 19.9 Å². The molecule has 0 bridgehead atoms. The summed E-state index contributed by atoms with van der Waals surface area (Å²) in [5.41, 5.74) is 1.000. The van der Waals surface area contributed by atoms with Crippen LogP contribution in [0, 0.1) is 5.92 Å². The molecular formula is C17H25NO3. The molecule has 1 unspecified atom stereocenters. The van der Waals surface area contributed by atoms with Crippen LogP contribution in [-0.2, 0) is 4.79 Å². The Bertz CT molecular complexity index is 493. The molecule has 0 aliphatic carbocycles. The largest absolute Gasteiger partial charge is 0.493 e. The van der Waals surface area contributed by atoms with Gasteiger partial charge in [0.15, 0.2) is 11.5 Å². The first-order valence-electron chi connectivity index (χ1n) is 7.59. The van der Waals surface area contributed by atoms with E-state index in [1.807, 2.05) is 23.1 Å². The monoisotopic (exact) mass is 291 g/mol. The van der Waals surface area contributed by atoms with E-state index in [1.54, 1.807) is 14.2 Å². The van der Waals surface area contributed by atoms with Crippen molar-refractivity contribution in [1.82, 2.24) is 4.90 Å². The summed E-state index contributed by atoms with van der Waals surface area (Å²) in [6, 6.07) is 5.78. The molecule has 1 aliphatic rings. The van der Waals surface area contributed by atoms with E-state index in [2.05, 4.69) is 13.8 Å². The Labute approximate surface area is 127 Å². The Balaban J connectivity index is 2.31. The fourth-order valence-corrected chi connectivity index (χ4v) is 2.99. The zero-order valence-electron chi connectivity index (χ0n) is 13.4. The van der Waals surface area contributed by atoms with Crippen molar-refractivity contribution in [2.24, 2.45) is 5.92 Å². The second-order valence-electron chi connectivity index (χ2n) is 5.87. The van der Waals surface area contributed by atoms with Crippen molar-refractivity contribution in [2.75, 3.05) is 27.3 Å². The Kier molecular flexibility index (Phi) is 5.10. The number of benzene rings is 1. The topological polar surface area (TPSA) is 38.8 Å². The minimum Gasteiger partial charge on any atom is -0.493 e. The van der Waals surface area contributed by atoms with Crippen LogP contribution in [0.5, 0.6) is 11.5 Å². The number of ether oxygens (including phenoxy) is 2. The molecule has 0 N–H and O–H groups in total. The number of rotatable bonds is 5. The molecule has 116 valence electrons. The Morgan fingerprint density at radius 1 is 1.10 bits per heavy atom. The quantitative estimate of drug-likeness (QED) is 0.837. The Hall–Kier alpha value is -1.71. The first-order valence-corrected chi connectivity index (χ1v) is 7.59. The number of nitrogens with zero attached hydrogens (tertiary/aromatic N) is 1. The molecule has 1 atom stereocenters. The summed E-state index contributed by atoms with van der Waals surface area (Å²) < 4.78 is 10.6. The highest BCUT2D eigenvalue weighted by molar-refractivity contribution is 5.84. The molecule has 1 amide bonds. The molecule has 4 nitrogen and oxygen atoms in total. The summed E-state index contributed by atoms with van der Waals surface area (Å²) in [6.45, 7) is 5.95. The predicted molar refractivity (Wildman–Crippen MR) is 82.9 cm³/mol. The molecule has 0 saturated carbocycles. The highest BCUT2D eigenvalue weighted by atomic mass is 16.5. The van der Waals surface area contributed by atoms with E-state index in [0.29, 0.717) is 11.5 Å². The van der Waals surface area contributed by atoms with Crippen LogP contribution in [0.4, 0.5) is 0 Å². The van der Waals surface area contributed by atoms with Gasteiger partial charge in [-0.15, -0.1) is 0 Å². The van der Waals surface area contributed by atoms with Gasteiger partial charge in [0.05, 0.1) is 20.1 Å². The average Bonchev–Trinajstić information content (AvgIpc) is 3.01. The number of amides is 1. The third kappa shape index (κ3) is 3.31. The molecule has 1 heterocycles. The molecule has 0 spiro atoms. The molecule has 0 radical (unpaired) electrons. The van der Waals surface area contributed by atoms with Gasteiger partial charge in [0.2, 0.25) is 5.91 Å². The smallest absolute Gasteiger partial charge is 0.230 e. The normalized spacial score (nSPS) is 16.1. The first kappa shape index (κ1) is 15.7. The van der Waals surface area contributed by atoms with Gasteiger partial charge >= 0.3 is 0 Å². The van der Waals surface area contributed by atoms with Gasteiger partial charge in [-0.25, -0.2) is 0 Å². The van der Waals surface area contributed by atoms with Crippen LogP contribution < -0.4 is 9.47 Å². The lowest BCUT2D eigenvalue weighted by Gasteiger charge is -2.26. The number of likely N-dealkylation sites (tertiary alicyclic amines) is 1. The molecular weight excluding hydrogens is 266 g/mol. The second kappa shape index (κ2) is 6.83. The summed E-state index contributed by atoms with van der Waals surface area (Å²) >= 11 is 0. The molecule has 0 aromatic heterocycles. The lowest BCUT2D eigenvalue weighted by Crippen LogP contribution is -2.34. The van der Waals surface area contributed by atoms with E-state index in [-0.39, 0.29) is 17.7 Å². The molecule has 1 aromatic rings. The minimum absolute atomic E-state index is 0.122. The van der Waals surface area contributed by atoms with Crippen LogP contribution in [0.3, 0.4) is 0 Å². The number of carbonyl (C=O) groups excluding carboxylic acids is 1. The van der Waals surface area contributed by atoms with Crippen LogP contribution in [0.2, 0.25) is 0 Å². The summed E-state index contributed by atoms with van der Waals surface area (Å²) in [5.74, 6) is 1.72. The van der Waals surface area contributed by atoms with Crippen LogP contribution in [0.15, 0.2) is 18.2 Å². The van der Waals surface area contributed by atoms with Crippen molar-refractivity contribution in [3.63, 3.8) is 0 Å². The van der Waals surface area contributed by atoms with E-state index >= 15 is 0 Å². The third-order valence-corrected chi connectivity index (χ3v) is 4.12. The molecule has 1 aromatic carbocycles. The summed E-state index contributed by atoms with van der Waals surface area (Å²) in [7, 11) is 3.24. The van der Waals surface area contributed by atoms with Crippen LogP contribution in [0.1, 0.15) is 38.2 Å². The van der Waals surface area contributed by atoms with Gasteiger partial charge in [-0.05, 0) is 36.5 Å². The van der Waals surface area contributed by atoms with Crippen LogP contribution >= 0.6 is 0 Å². The minimum atomic E-state index is -0.122. The van der Waals surface area contributed by atoms with Crippen LogP contribution in [0.25, 0.3) is 0 Å². The SMILES string of the molecule is COc1ccc(C(C(=O)N2CCCC2)C(C)C)cc1OC. The zero-order chi connectivity index (χ0) is 15.4. The molecule has 1 fully saturated rings. The highest BCUT2D eigenvalue weighted by Gasteiger charge is 2.30. The zero-order valence-corrected chi connectivity index (χ0v) is 13.4. The molecule has 1 aliphatic heterocycles. The first-order chi connectivity index (χ1) is 10.1.